The summed E-state index contributed by atoms with van der Waals surface area (Å²) in [4.78, 5) is 14.0. The van der Waals surface area contributed by atoms with Gasteiger partial charge in [0.2, 0.25) is 5.13 Å². The van der Waals surface area contributed by atoms with Crippen LogP contribution in [-0.2, 0) is 4.74 Å². The topological polar surface area (TPSA) is 79.4 Å². The van der Waals surface area contributed by atoms with E-state index >= 15 is 0 Å². The molecule has 0 aromatic carbocycles. The molecule has 1 aromatic rings. The number of hydrogen-bond acceptors (Lipinski definition) is 6. The summed E-state index contributed by atoms with van der Waals surface area (Å²) in [7, 11) is 0. The number of nitrogens with zero attached hydrogens (tertiary/aromatic N) is 3. The van der Waals surface area contributed by atoms with E-state index < -0.39 is 0 Å². The van der Waals surface area contributed by atoms with Crippen LogP contribution in [0.3, 0.4) is 0 Å². The van der Waals surface area contributed by atoms with Crippen molar-refractivity contribution in [2.75, 3.05) is 31.5 Å². The Morgan fingerprint density at radius 3 is 2.70 bits per heavy atom. The molecule has 0 saturated carbocycles. The van der Waals surface area contributed by atoms with Crippen LogP contribution in [0.5, 0.6) is 0 Å². The van der Waals surface area contributed by atoms with Crippen molar-refractivity contribution < 1.29 is 9.53 Å². The summed E-state index contributed by atoms with van der Waals surface area (Å²) in [6.07, 6.45) is 0.494. The number of nitrogens with one attached hydrogen (secondary N) is 2. The number of morpholine rings is 1. The molecule has 1 aliphatic rings. The highest BCUT2D eigenvalue weighted by Gasteiger charge is 2.21. The second-order valence-electron chi connectivity index (χ2n) is 5.02. The number of carbonyl (C=O) groups is 1. The van der Waals surface area contributed by atoms with Crippen molar-refractivity contribution in [3.05, 3.63) is 5.01 Å². The van der Waals surface area contributed by atoms with Crippen LogP contribution in [0.4, 0.5) is 9.93 Å². The molecule has 1 fully saturated rings. The molecule has 1 aliphatic heterocycles. The van der Waals surface area contributed by atoms with Crippen molar-refractivity contribution >= 4 is 22.5 Å². The minimum absolute atomic E-state index is 0.240. The van der Waals surface area contributed by atoms with Gasteiger partial charge in [-0.15, -0.1) is 10.2 Å². The molecule has 2 heterocycles. The highest BCUT2D eigenvalue weighted by atomic mass is 32.1. The third kappa shape index (κ3) is 4.69. The van der Waals surface area contributed by atoms with Crippen molar-refractivity contribution in [1.82, 2.24) is 20.4 Å². The van der Waals surface area contributed by atoms with Gasteiger partial charge in [-0.1, -0.05) is 11.3 Å². The van der Waals surface area contributed by atoms with Gasteiger partial charge in [0.1, 0.15) is 5.01 Å². The van der Waals surface area contributed by atoms with Gasteiger partial charge < -0.3 is 10.1 Å². The van der Waals surface area contributed by atoms with Crippen molar-refractivity contribution in [1.29, 1.82) is 0 Å². The van der Waals surface area contributed by atoms with Crippen LogP contribution in [0.2, 0.25) is 0 Å². The lowest BCUT2D eigenvalue weighted by molar-refractivity contribution is -0.0672. The normalized spacial score (nSPS) is 23.6. The second kappa shape index (κ2) is 6.96. The van der Waals surface area contributed by atoms with Crippen LogP contribution >= 0.6 is 11.3 Å². The maximum atomic E-state index is 11.7. The van der Waals surface area contributed by atoms with Crippen LogP contribution in [0.1, 0.15) is 18.9 Å². The van der Waals surface area contributed by atoms with Crippen molar-refractivity contribution in [3.63, 3.8) is 0 Å². The van der Waals surface area contributed by atoms with Crippen molar-refractivity contribution in [2.24, 2.45) is 0 Å². The van der Waals surface area contributed by atoms with E-state index in [1.54, 1.807) is 0 Å². The van der Waals surface area contributed by atoms with E-state index in [4.69, 9.17) is 4.74 Å². The van der Waals surface area contributed by atoms with Crippen LogP contribution in [0.25, 0.3) is 0 Å². The van der Waals surface area contributed by atoms with Gasteiger partial charge in [0.25, 0.3) is 0 Å². The third-order valence-corrected chi connectivity index (χ3v) is 3.71. The minimum Gasteiger partial charge on any atom is -0.373 e. The fourth-order valence-corrected chi connectivity index (χ4v) is 2.87. The first-order valence-corrected chi connectivity index (χ1v) is 7.57. The fraction of sp³-hybridized carbons (Fsp3) is 0.750. The van der Waals surface area contributed by atoms with E-state index in [9.17, 15) is 4.79 Å². The van der Waals surface area contributed by atoms with Crippen LogP contribution < -0.4 is 10.6 Å². The van der Waals surface area contributed by atoms with Gasteiger partial charge in [-0.05, 0) is 20.8 Å². The number of amides is 2. The fourth-order valence-electron chi connectivity index (χ4n) is 2.28. The third-order valence-electron chi connectivity index (χ3n) is 2.96. The molecule has 8 heteroatoms. The second-order valence-corrected chi connectivity index (χ2v) is 6.21. The van der Waals surface area contributed by atoms with Gasteiger partial charge in [-0.25, -0.2) is 4.79 Å². The summed E-state index contributed by atoms with van der Waals surface area (Å²) in [6, 6.07) is -0.240. The number of ether oxygens (including phenoxy) is 1. The Morgan fingerprint density at radius 2 is 2.10 bits per heavy atom. The first-order chi connectivity index (χ1) is 9.52. The monoisotopic (exact) mass is 299 g/mol. The molecule has 7 nitrogen and oxygen atoms in total. The predicted octanol–water partition coefficient (Wildman–Crippen LogP) is 1.08. The summed E-state index contributed by atoms with van der Waals surface area (Å²) in [5.74, 6) is 0. The Kier molecular flexibility index (Phi) is 5.27. The molecule has 2 amide bonds. The molecular formula is C12H21N5O2S. The SMILES string of the molecule is Cc1nnc(NC(=O)NCCN2C[C@@H](C)O[C@@H](C)C2)s1. The largest absolute Gasteiger partial charge is 0.373 e. The van der Waals surface area contributed by atoms with E-state index in [2.05, 4.69) is 39.6 Å². The smallest absolute Gasteiger partial charge is 0.321 e. The Morgan fingerprint density at radius 1 is 1.40 bits per heavy atom. The van der Waals surface area contributed by atoms with E-state index in [1.807, 2.05) is 6.92 Å². The number of hydrogen-bond donors (Lipinski definition) is 2. The van der Waals surface area contributed by atoms with Gasteiger partial charge in [-0.2, -0.15) is 0 Å². The zero-order valence-corrected chi connectivity index (χ0v) is 12.9. The Balaban J connectivity index is 1.66. The van der Waals surface area contributed by atoms with E-state index in [1.165, 1.54) is 11.3 Å². The lowest BCUT2D eigenvalue weighted by Crippen LogP contribution is -2.48. The lowest BCUT2D eigenvalue weighted by Gasteiger charge is -2.35. The summed E-state index contributed by atoms with van der Waals surface area (Å²) < 4.78 is 5.67. The first-order valence-electron chi connectivity index (χ1n) is 6.75. The molecule has 0 bridgehead atoms. The standard InChI is InChI=1S/C12H21N5O2S/c1-8-6-17(7-9(2)19-8)5-4-13-11(18)14-12-16-15-10(3)20-12/h8-9H,4-7H2,1-3H3,(H2,13,14,16,18)/t8-,9+. The molecule has 1 saturated heterocycles. The number of rotatable bonds is 4. The molecule has 0 aliphatic carbocycles. The quantitative estimate of drug-likeness (QED) is 0.869. The van der Waals surface area contributed by atoms with E-state index in [0.717, 1.165) is 24.6 Å². The number of anilines is 1. The Labute approximate surface area is 122 Å². The van der Waals surface area contributed by atoms with Gasteiger partial charge in [0, 0.05) is 26.2 Å². The zero-order chi connectivity index (χ0) is 14.5. The molecule has 0 radical (unpaired) electrons. The number of carbonyl (C=O) groups excluding carboxylic acids is 1. The average molecular weight is 299 g/mol. The summed E-state index contributed by atoms with van der Waals surface area (Å²) in [5.41, 5.74) is 0. The number of aryl methyl sites for hydroxylation is 1. The number of urea groups is 1. The maximum Gasteiger partial charge on any atom is 0.321 e. The van der Waals surface area contributed by atoms with E-state index in [0.29, 0.717) is 11.7 Å². The summed E-state index contributed by atoms with van der Waals surface area (Å²) in [5, 5.41) is 14.5. The van der Waals surface area contributed by atoms with Crippen molar-refractivity contribution in [3.8, 4) is 0 Å². The highest BCUT2D eigenvalue weighted by molar-refractivity contribution is 7.15. The maximum absolute atomic E-state index is 11.7. The van der Waals surface area contributed by atoms with E-state index in [-0.39, 0.29) is 18.2 Å². The minimum atomic E-state index is -0.240. The van der Waals surface area contributed by atoms with Gasteiger partial charge >= 0.3 is 6.03 Å². The summed E-state index contributed by atoms with van der Waals surface area (Å²) in [6.45, 7) is 9.22. The first kappa shape index (κ1) is 15.1. The lowest BCUT2D eigenvalue weighted by atomic mass is 10.2. The molecule has 0 unspecified atom stereocenters. The number of aromatic nitrogens is 2. The highest BCUT2D eigenvalue weighted by Crippen LogP contribution is 2.13. The van der Waals surface area contributed by atoms with Crippen LogP contribution in [0.15, 0.2) is 0 Å². The van der Waals surface area contributed by atoms with Gasteiger partial charge in [0.15, 0.2) is 0 Å². The molecule has 112 valence electrons. The average Bonchev–Trinajstić information content (AvgIpc) is 2.73. The molecule has 0 spiro atoms. The molecule has 2 atom stereocenters. The zero-order valence-electron chi connectivity index (χ0n) is 12.0. The Bertz CT molecular complexity index is 443. The van der Waals surface area contributed by atoms with Crippen LogP contribution in [0, 0.1) is 6.92 Å². The molecule has 20 heavy (non-hydrogen) atoms. The van der Waals surface area contributed by atoms with Crippen molar-refractivity contribution in [2.45, 2.75) is 33.0 Å². The van der Waals surface area contributed by atoms with Gasteiger partial charge in [0.05, 0.1) is 12.2 Å². The van der Waals surface area contributed by atoms with Crippen LogP contribution in [-0.4, -0.2) is 59.5 Å². The summed E-state index contributed by atoms with van der Waals surface area (Å²) >= 11 is 1.36. The molecular weight excluding hydrogens is 278 g/mol. The predicted molar refractivity (Wildman–Crippen MR) is 78.1 cm³/mol. The molecule has 2 N–H and O–H groups in total. The molecule has 2 rings (SSSR count). The Hall–Kier alpha value is -1.25. The molecule has 1 aromatic heterocycles. The van der Waals surface area contributed by atoms with Gasteiger partial charge in [-0.3, -0.25) is 10.2 Å².